The molecule has 0 spiro atoms. The van der Waals surface area contributed by atoms with E-state index in [1.54, 1.807) is 18.3 Å². The summed E-state index contributed by atoms with van der Waals surface area (Å²) in [5.41, 5.74) is 2.42. The van der Waals surface area contributed by atoms with Crippen molar-refractivity contribution in [1.82, 2.24) is 4.98 Å². The summed E-state index contributed by atoms with van der Waals surface area (Å²) in [4.78, 5) is 4.04. The molecule has 0 amide bonds. The van der Waals surface area contributed by atoms with Crippen LogP contribution in [0.25, 0.3) is 0 Å². The SMILES string of the molecule is CC(C)(C)c1cc(CN(c2cccnc2)S(C)(=O)=O)cc(C(C)(C)C)c1O. The minimum atomic E-state index is -3.49. The van der Waals surface area contributed by atoms with Gasteiger partial charge in [-0.15, -0.1) is 0 Å². The second kappa shape index (κ2) is 7.15. The van der Waals surface area contributed by atoms with Crippen molar-refractivity contribution in [3.63, 3.8) is 0 Å². The van der Waals surface area contributed by atoms with Crippen molar-refractivity contribution < 1.29 is 13.5 Å². The summed E-state index contributed by atoms with van der Waals surface area (Å²) in [6.45, 7) is 12.4. The molecule has 0 aliphatic heterocycles. The van der Waals surface area contributed by atoms with Crippen molar-refractivity contribution in [3.8, 4) is 5.75 Å². The normalized spacial score (nSPS) is 12.9. The largest absolute Gasteiger partial charge is 0.507 e. The highest BCUT2D eigenvalue weighted by Crippen LogP contribution is 2.40. The van der Waals surface area contributed by atoms with Gasteiger partial charge in [0, 0.05) is 6.20 Å². The van der Waals surface area contributed by atoms with E-state index in [0.717, 1.165) is 16.7 Å². The first kappa shape index (κ1) is 21.2. The molecule has 0 unspecified atom stereocenters. The molecule has 0 atom stereocenters. The predicted molar refractivity (Wildman–Crippen MR) is 111 cm³/mol. The van der Waals surface area contributed by atoms with Crippen LogP contribution in [-0.2, 0) is 27.4 Å². The minimum absolute atomic E-state index is 0.178. The van der Waals surface area contributed by atoms with Gasteiger partial charge in [0.15, 0.2) is 0 Å². The van der Waals surface area contributed by atoms with E-state index in [0.29, 0.717) is 5.69 Å². The van der Waals surface area contributed by atoms with Crippen LogP contribution in [0, 0.1) is 0 Å². The number of hydrogen-bond acceptors (Lipinski definition) is 4. The Morgan fingerprint density at radius 3 is 1.93 bits per heavy atom. The number of phenolic OH excluding ortho intramolecular Hbond substituents is 1. The van der Waals surface area contributed by atoms with Gasteiger partial charge in [-0.25, -0.2) is 8.42 Å². The number of sulfonamides is 1. The molecule has 0 radical (unpaired) electrons. The zero-order valence-electron chi connectivity index (χ0n) is 17.2. The Labute approximate surface area is 163 Å². The average molecular weight is 391 g/mol. The van der Waals surface area contributed by atoms with E-state index in [9.17, 15) is 13.5 Å². The number of benzene rings is 1. The first-order chi connectivity index (χ1) is 12.2. The Morgan fingerprint density at radius 2 is 1.56 bits per heavy atom. The van der Waals surface area contributed by atoms with Crippen molar-refractivity contribution in [3.05, 3.63) is 53.3 Å². The lowest BCUT2D eigenvalue weighted by Crippen LogP contribution is -2.30. The van der Waals surface area contributed by atoms with Gasteiger partial charge in [0.2, 0.25) is 10.0 Å². The molecule has 27 heavy (non-hydrogen) atoms. The van der Waals surface area contributed by atoms with E-state index in [-0.39, 0.29) is 23.1 Å². The highest BCUT2D eigenvalue weighted by Gasteiger charge is 2.28. The number of hydrogen-bond donors (Lipinski definition) is 1. The maximum Gasteiger partial charge on any atom is 0.232 e. The molecule has 5 nitrogen and oxygen atoms in total. The Balaban J connectivity index is 2.63. The van der Waals surface area contributed by atoms with Crippen molar-refractivity contribution in [2.75, 3.05) is 10.6 Å². The molecule has 0 saturated carbocycles. The van der Waals surface area contributed by atoms with Crippen LogP contribution in [0.4, 0.5) is 5.69 Å². The quantitative estimate of drug-likeness (QED) is 0.843. The summed E-state index contributed by atoms with van der Waals surface area (Å²) in [6.07, 6.45) is 4.34. The van der Waals surface area contributed by atoms with Crippen LogP contribution in [0.15, 0.2) is 36.7 Å². The summed E-state index contributed by atoms with van der Waals surface area (Å²) in [6, 6.07) is 7.24. The molecule has 1 N–H and O–H groups in total. The van der Waals surface area contributed by atoms with Crippen LogP contribution in [0.3, 0.4) is 0 Å². The number of aromatic nitrogens is 1. The highest BCUT2D eigenvalue weighted by atomic mass is 32.2. The van der Waals surface area contributed by atoms with Gasteiger partial charge in [0.05, 0.1) is 24.7 Å². The van der Waals surface area contributed by atoms with Crippen molar-refractivity contribution in [2.45, 2.75) is 58.9 Å². The summed E-state index contributed by atoms with van der Waals surface area (Å²) in [7, 11) is -3.49. The van der Waals surface area contributed by atoms with E-state index in [1.807, 2.05) is 53.7 Å². The van der Waals surface area contributed by atoms with E-state index in [2.05, 4.69) is 4.98 Å². The molecule has 1 aromatic carbocycles. The third-order valence-corrected chi connectivity index (χ3v) is 5.59. The lowest BCUT2D eigenvalue weighted by atomic mass is 9.78. The Bertz CT molecular complexity index is 874. The molecule has 0 aliphatic carbocycles. The fourth-order valence-electron chi connectivity index (χ4n) is 3.00. The Kier molecular flexibility index (Phi) is 5.62. The van der Waals surface area contributed by atoms with Gasteiger partial charge >= 0.3 is 0 Å². The van der Waals surface area contributed by atoms with E-state index < -0.39 is 10.0 Å². The lowest BCUT2D eigenvalue weighted by Gasteiger charge is -2.29. The molecule has 2 rings (SSSR count). The monoisotopic (exact) mass is 390 g/mol. The zero-order valence-corrected chi connectivity index (χ0v) is 18.1. The molecule has 148 valence electrons. The molecular formula is C21H30N2O3S. The Morgan fingerprint density at radius 1 is 1.04 bits per heavy atom. The fourth-order valence-corrected chi connectivity index (χ4v) is 3.87. The molecule has 2 aromatic rings. The van der Waals surface area contributed by atoms with Crippen LogP contribution in [-0.4, -0.2) is 24.8 Å². The van der Waals surface area contributed by atoms with Gasteiger partial charge in [0.25, 0.3) is 0 Å². The first-order valence-corrected chi connectivity index (χ1v) is 10.8. The number of rotatable bonds is 4. The molecule has 6 heteroatoms. The number of nitrogens with zero attached hydrogens (tertiary/aromatic N) is 2. The van der Waals surface area contributed by atoms with Crippen LogP contribution < -0.4 is 4.31 Å². The predicted octanol–water partition coefficient (Wildman–Crippen LogP) is 4.35. The topological polar surface area (TPSA) is 70.5 Å². The number of aromatic hydroxyl groups is 1. The van der Waals surface area contributed by atoms with Crippen molar-refractivity contribution in [2.24, 2.45) is 0 Å². The second-order valence-corrected chi connectivity index (χ2v) is 10.9. The molecule has 0 bridgehead atoms. The fraction of sp³-hybridized carbons (Fsp3) is 0.476. The smallest absolute Gasteiger partial charge is 0.232 e. The number of phenols is 1. The minimum Gasteiger partial charge on any atom is -0.507 e. The van der Waals surface area contributed by atoms with Gasteiger partial charge in [-0.05, 0) is 51.8 Å². The molecule has 0 fully saturated rings. The standard InChI is InChI=1S/C21H30N2O3S/c1-20(2,3)17-11-15(12-18(19(17)24)21(4,5)6)14-23(27(7,25)26)16-9-8-10-22-13-16/h8-13,24H,14H2,1-7H3. The van der Waals surface area contributed by atoms with Gasteiger partial charge in [0.1, 0.15) is 5.75 Å². The van der Waals surface area contributed by atoms with Gasteiger partial charge in [-0.2, -0.15) is 0 Å². The van der Waals surface area contributed by atoms with Crippen LogP contribution in [0.1, 0.15) is 58.2 Å². The summed E-state index contributed by atoms with van der Waals surface area (Å²) in [5.74, 6) is 0.283. The summed E-state index contributed by atoms with van der Waals surface area (Å²) >= 11 is 0. The van der Waals surface area contributed by atoms with Crippen LogP contribution in [0.2, 0.25) is 0 Å². The highest BCUT2D eigenvalue weighted by molar-refractivity contribution is 7.92. The number of anilines is 1. The van der Waals surface area contributed by atoms with Crippen LogP contribution >= 0.6 is 0 Å². The third-order valence-electron chi connectivity index (χ3n) is 4.45. The molecule has 0 saturated heterocycles. The molecule has 0 aliphatic rings. The maximum absolute atomic E-state index is 12.4. The van der Waals surface area contributed by atoms with Gasteiger partial charge < -0.3 is 5.11 Å². The molecule has 1 heterocycles. The second-order valence-electron chi connectivity index (χ2n) is 9.02. The zero-order chi connectivity index (χ0) is 20.6. The van der Waals surface area contributed by atoms with Gasteiger partial charge in [-0.1, -0.05) is 41.5 Å². The molecular weight excluding hydrogens is 360 g/mol. The molecule has 1 aromatic heterocycles. The summed E-state index contributed by atoms with van der Waals surface area (Å²) in [5, 5.41) is 10.9. The summed E-state index contributed by atoms with van der Waals surface area (Å²) < 4.78 is 26.2. The van der Waals surface area contributed by atoms with Crippen LogP contribution in [0.5, 0.6) is 5.75 Å². The first-order valence-electron chi connectivity index (χ1n) is 8.96. The lowest BCUT2D eigenvalue weighted by molar-refractivity contribution is 0.422. The van der Waals surface area contributed by atoms with Gasteiger partial charge in [-0.3, -0.25) is 9.29 Å². The van der Waals surface area contributed by atoms with Crippen molar-refractivity contribution in [1.29, 1.82) is 0 Å². The average Bonchev–Trinajstić information content (AvgIpc) is 2.51. The maximum atomic E-state index is 12.4. The number of pyridine rings is 1. The Hall–Kier alpha value is -2.08. The van der Waals surface area contributed by atoms with E-state index >= 15 is 0 Å². The third kappa shape index (κ3) is 5.01. The van der Waals surface area contributed by atoms with Crippen molar-refractivity contribution >= 4 is 15.7 Å². The van der Waals surface area contributed by atoms with E-state index in [4.69, 9.17) is 0 Å². The van der Waals surface area contributed by atoms with E-state index in [1.165, 1.54) is 16.8 Å².